The molecule has 1 aromatic carbocycles. The lowest BCUT2D eigenvalue weighted by Gasteiger charge is -2.11. The number of rotatable bonds is 7. The average molecular weight is 462 g/mol. The number of hydrogen-bond donors (Lipinski definition) is 2. The number of guanidine groups is 1. The minimum absolute atomic E-state index is 0. The van der Waals surface area contributed by atoms with Gasteiger partial charge in [-0.1, -0.05) is 12.1 Å². The number of halogens is 2. The molecule has 0 radical (unpaired) electrons. The lowest BCUT2D eigenvalue weighted by Crippen LogP contribution is -2.38. The summed E-state index contributed by atoms with van der Waals surface area (Å²) in [6, 6.07) is 6.76. The highest BCUT2D eigenvalue weighted by Gasteiger charge is 2.01. The topological polar surface area (TPSA) is 49.3 Å². The summed E-state index contributed by atoms with van der Waals surface area (Å²) in [4.78, 5) is 9.78. The third-order valence-corrected chi connectivity index (χ3v) is 4.32. The number of nitrogens with zero attached hydrogens (tertiary/aromatic N) is 2. The van der Waals surface area contributed by atoms with Gasteiger partial charge >= 0.3 is 0 Å². The molecule has 0 aliphatic carbocycles. The number of thiazole rings is 1. The summed E-state index contributed by atoms with van der Waals surface area (Å²) in [6.07, 6.45) is 4.57. The van der Waals surface area contributed by atoms with Crippen molar-refractivity contribution in [2.75, 3.05) is 20.1 Å². The highest BCUT2D eigenvalue weighted by atomic mass is 127. The van der Waals surface area contributed by atoms with Gasteiger partial charge in [0.2, 0.25) is 0 Å². The Bertz CT molecular complexity index is 645. The molecular weight excluding hydrogens is 438 g/mol. The highest BCUT2D eigenvalue weighted by Crippen LogP contribution is 2.10. The van der Waals surface area contributed by atoms with E-state index in [-0.39, 0.29) is 29.8 Å². The lowest BCUT2D eigenvalue weighted by molar-refractivity contribution is 0.624. The minimum Gasteiger partial charge on any atom is -0.356 e. The van der Waals surface area contributed by atoms with Crippen molar-refractivity contribution in [3.63, 3.8) is 0 Å². The fraction of sp³-hybridized carbons (Fsp3) is 0.412. The van der Waals surface area contributed by atoms with E-state index in [1.807, 2.05) is 12.3 Å². The quantitative estimate of drug-likeness (QED) is 0.287. The van der Waals surface area contributed by atoms with E-state index in [9.17, 15) is 4.39 Å². The number of aryl methyl sites for hydroxylation is 2. The van der Waals surface area contributed by atoms with Crippen LogP contribution in [-0.4, -0.2) is 31.1 Å². The zero-order chi connectivity index (χ0) is 16.5. The number of benzene rings is 1. The van der Waals surface area contributed by atoms with Crippen molar-refractivity contribution in [1.82, 2.24) is 15.6 Å². The van der Waals surface area contributed by atoms with E-state index in [2.05, 4.69) is 27.5 Å². The number of aromatic nitrogens is 1. The molecule has 0 amide bonds. The van der Waals surface area contributed by atoms with Crippen molar-refractivity contribution in [1.29, 1.82) is 0 Å². The first-order chi connectivity index (χ1) is 11.2. The molecule has 0 saturated heterocycles. The van der Waals surface area contributed by atoms with Crippen LogP contribution < -0.4 is 10.6 Å². The SMILES string of the molecule is CN=C(NCCCc1cccc(F)c1)NCCc1ncc(C)s1.I. The van der Waals surface area contributed by atoms with Crippen LogP contribution >= 0.6 is 35.3 Å². The molecule has 0 aliphatic rings. The van der Waals surface area contributed by atoms with E-state index in [1.54, 1.807) is 30.5 Å². The van der Waals surface area contributed by atoms with Gasteiger partial charge in [0.1, 0.15) is 5.82 Å². The largest absolute Gasteiger partial charge is 0.356 e. The van der Waals surface area contributed by atoms with Crippen LogP contribution in [0.1, 0.15) is 21.9 Å². The standard InChI is InChI=1S/C17H23FN4S.HI/c1-13-12-22-16(23-13)8-10-21-17(19-2)20-9-4-6-14-5-3-7-15(18)11-14;/h3,5,7,11-12H,4,6,8-10H2,1-2H3,(H2,19,20,21);1H. The van der Waals surface area contributed by atoms with Crippen LogP contribution in [0.4, 0.5) is 4.39 Å². The molecule has 1 heterocycles. The van der Waals surface area contributed by atoms with Gasteiger partial charge < -0.3 is 10.6 Å². The fourth-order valence-corrected chi connectivity index (χ4v) is 3.00. The smallest absolute Gasteiger partial charge is 0.190 e. The molecule has 0 atom stereocenters. The van der Waals surface area contributed by atoms with Crippen molar-refractivity contribution in [3.8, 4) is 0 Å². The Morgan fingerprint density at radius 2 is 2.04 bits per heavy atom. The van der Waals surface area contributed by atoms with Gasteiger partial charge in [-0.25, -0.2) is 9.37 Å². The van der Waals surface area contributed by atoms with Crippen molar-refractivity contribution >= 4 is 41.3 Å². The van der Waals surface area contributed by atoms with Gasteiger partial charge in [-0.05, 0) is 37.5 Å². The molecule has 0 saturated carbocycles. The van der Waals surface area contributed by atoms with Gasteiger partial charge in [0, 0.05) is 37.6 Å². The van der Waals surface area contributed by atoms with Crippen LogP contribution in [0.25, 0.3) is 0 Å². The Labute approximate surface area is 164 Å². The molecule has 7 heteroatoms. The van der Waals surface area contributed by atoms with Crippen molar-refractivity contribution in [3.05, 3.63) is 51.7 Å². The normalized spacial score (nSPS) is 11.0. The summed E-state index contributed by atoms with van der Waals surface area (Å²) >= 11 is 1.73. The molecule has 0 bridgehead atoms. The van der Waals surface area contributed by atoms with Crippen LogP contribution in [0.2, 0.25) is 0 Å². The Hall–Kier alpha value is -1.22. The zero-order valence-electron chi connectivity index (χ0n) is 14.0. The van der Waals surface area contributed by atoms with Gasteiger partial charge in [0.25, 0.3) is 0 Å². The summed E-state index contributed by atoms with van der Waals surface area (Å²) in [6.45, 7) is 3.66. The number of hydrogen-bond acceptors (Lipinski definition) is 3. The Morgan fingerprint density at radius 1 is 1.25 bits per heavy atom. The molecule has 4 nitrogen and oxygen atoms in total. The van der Waals surface area contributed by atoms with Crippen LogP contribution in [0.15, 0.2) is 35.5 Å². The molecule has 132 valence electrons. The Kier molecular flexibility index (Phi) is 9.85. The van der Waals surface area contributed by atoms with E-state index in [4.69, 9.17) is 0 Å². The van der Waals surface area contributed by atoms with Gasteiger partial charge in [-0.15, -0.1) is 35.3 Å². The van der Waals surface area contributed by atoms with Gasteiger partial charge in [-0.2, -0.15) is 0 Å². The van der Waals surface area contributed by atoms with Gasteiger partial charge in [-0.3, -0.25) is 4.99 Å². The molecule has 24 heavy (non-hydrogen) atoms. The van der Waals surface area contributed by atoms with E-state index >= 15 is 0 Å². The molecule has 0 unspecified atom stereocenters. The van der Waals surface area contributed by atoms with Crippen molar-refractivity contribution < 1.29 is 4.39 Å². The predicted molar refractivity (Wildman–Crippen MR) is 110 cm³/mol. The average Bonchev–Trinajstić information content (AvgIpc) is 2.95. The molecule has 1 aromatic heterocycles. The number of aliphatic imine (C=N–C) groups is 1. The first-order valence-electron chi connectivity index (χ1n) is 7.77. The predicted octanol–water partition coefficient (Wildman–Crippen LogP) is 3.55. The second kappa shape index (κ2) is 11.4. The minimum atomic E-state index is -0.176. The monoisotopic (exact) mass is 462 g/mol. The summed E-state index contributed by atoms with van der Waals surface area (Å²) in [5.74, 6) is 0.614. The van der Waals surface area contributed by atoms with Gasteiger partial charge in [0.15, 0.2) is 5.96 Å². The summed E-state index contributed by atoms with van der Waals surface area (Å²) in [5.41, 5.74) is 1.02. The maximum Gasteiger partial charge on any atom is 0.190 e. The molecule has 0 fully saturated rings. The lowest BCUT2D eigenvalue weighted by atomic mass is 10.1. The summed E-state index contributed by atoms with van der Waals surface area (Å²) < 4.78 is 13.1. The van der Waals surface area contributed by atoms with E-state index in [0.717, 1.165) is 48.9 Å². The second-order valence-corrected chi connectivity index (χ2v) is 6.59. The van der Waals surface area contributed by atoms with Crippen molar-refractivity contribution in [2.24, 2.45) is 4.99 Å². The first kappa shape index (κ1) is 20.8. The fourth-order valence-electron chi connectivity index (χ4n) is 2.22. The van der Waals surface area contributed by atoms with Crippen LogP contribution in [0.3, 0.4) is 0 Å². The van der Waals surface area contributed by atoms with Gasteiger partial charge in [0.05, 0.1) is 5.01 Å². The molecule has 0 aliphatic heterocycles. The molecule has 0 spiro atoms. The maximum atomic E-state index is 13.1. The zero-order valence-corrected chi connectivity index (χ0v) is 17.2. The van der Waals surface area contributed by atoms with Crippen LogP contribution in [-0.2, 0) is 12.8 Å². The molecular formula is C17H24FIN4S. The maximum absolute atomic E-state index is 13.1. The summed E-state index contributed by atoms with van der Waals surface area (Å²) in [5, 5.41) is 7.69. The van der Waals surface area contributed by atoms with Crippen molar-refractivity contribution in [2.45, 2.75) is 26.2 Å². The third-order valence-electron chi connectivity index (χ3n) is 3.35. The Morgan fingerprint density at radius 3 is 2.71 bits per heavy atom. The Balaban J connectivity index is 0.00000288. The molecule has 2 N–H and O–H groups in total. The first-order valence-corrected chi connectivity index (χ1v) is 8.59. The van der Waals surface area contributed by atoms with Crippen LogP contribution in [0, 0.1) is 12.7 Å². The number of nitrogens with one attached hydrogen (secondary N) is 2. The van der Waals surface area contributed by atoms with E-state index < -0.39 is 0 Å². The van der Waals surface area contributed by atoms with E-state index in [1.165, 1.54) is 10.9 Å². The molecule has 2 rings (SSSR count). The third kappa shape index (κ3) is 7.57. The second-order valence-electron chi connectivity index (χ2n) is 5.27. The van der Waals surface area contributed by atoms with E-state index in [0.29, 0.717) is 0 Å². The molecule has 2 aromatic rings. The summed E-state index contributed by atoms with van der Waals surface area (Å²) in [7, 11) is 1.76. The van der Waals surface area contributed by atoms with Crippen LogP contribution in [0.5, 0.6) is 0 Å². The highest BCUT2D eigenvalue weighted by molar-refractivity contribution is 14.0.